The number of halogens is 1. The molecule has 1 aromatic carbocycles. The molecule has 1 aromatic heterocycles. The smallest absolute Gasteiger partial charge is 0.222 e. The molecule has 134 valence electrons. The Labute approximate surface area is 145 Å². The van der Waals surface area contributed by atoms with Crippen molar-refractivity contribution >= 4 is 5.91 Å². The molecule has 1 amide bonds. The van der Waals surface area contributed by atoms with Crippen LogP contribution in [0.4, 0.5) is 4.39 Å². The highest BCUT2D eigenvalue weighted by Gasteiger charge is 2.38. The Hall–Kier alpha value is -2.41. The first kappa shape index (κ1) is 17.4. The molecule has 2 aromatic rings. The zero-order valence-corrected chi connectivity index (χ0v) is 14.0. The van der Waals surface area contributed by atoms with Crippen LogP contribution < -0.4 is 4.74 Å². The second-order valence-corrected chi connectivity index (χ2v) is 6.40. The fourth-order valence-corrected chi connectivity index (χ4v) is 2.92. The van der Waals surface area contributed by atoms with Crippen molar-refractivity contribution < 1.29 is 19.0 Å². The van der Waals surface area contributed by atoms with Crippen LogP contribution in [-0.4, -0.2) is 51.0 Å². The molecule has 0 radical (unpaired) electrons. The average molecular weight is 347 g/mol. The molecule has 1 aliphatic heterocycles. The summed E-state index contributed by atoms with van der Waals surface area (Å²) in [6.07, 6.45) is 5.19. The highest BCUT2D eigenvalue weighted by molar-refractivity contribution is 5.76. The number of nitrogens with zero attached hydrogens (tertiary/aromatic N) is 3. The summed E-state index contributed by atoms with van der Waals surface area (Å²) >= 11 is 0. The SMILES string of the molecule is O=C(CCCn1cccn1)N1CC[C@](O)(COc2ccc(F)cc2)C1. The van der Waals surface area contributed by atoms with E-state index in [0.717, 1.165) is 0 Å². The van der Waals surface area contributed by atoms with Crippen LogP contribution in [0.2, 0.25) is 0 Å². The van der Waals surface area contributed by atoms with Gasteiger partial charge in [0.05, 0.1) is 6.54 Å². The molecule has 0 bridgehead atoms. The van der Waals surface area contributed by atoms with E-state index in [9.17, 15) is 14.3 Å². The number of aliphatic hydroxyl groups is 1. The van der Waals surface area contributed by atoms with Gasteiger partial charge in [0.1, 0.15) is 23.8 Å². The third kappa shape index (κ3) is 4.79. The largest absolute Gasteiger partial charge is 0.491 e. The van der Waals surface area contributed by atoms with Gasteiger partial charge >= 0.3 is 0 Å². The van der Waals surface area contributed by atoms with Gasteiger partial charge in [-0.05, 0) is 43.2 Å². The van der Waals surface area contributed by atoms with Crippen LogP contribution in [0.1, 0.15) is 19.3 Å². The monoisotopic (exact) mass is 347 g/mol. The number of rotatable bonds is 7. The minimum absolute atomic E-state index is 0.0323. The van der Waals surface area contributed by atoms with Gasteiger partial charge in [-0.2, -0.15) is 5.10 Å². The Kier molecular flexibility index (Phi) is 5.33. The second kappa shape index (κ2) is 7.65. The Morgan fingerprint density at radius 3 is 2.88 bits per heavy atom. The van der Waals surface area contributed by atoms with Crippen molar-refractivity contribution in [2.24, 2.45) is 0 Å². The molecule has 0 spiro atoms. The van der Waals surface area contributed by atoms with Crippen LogP contribution >= 0.6 is 0 Å². The summed E-state index contributed by atoms with van der Waals surface area (Å²) in [5.41, 5.74) is -1.06. The second-order valence-electron chi connectivity index (χ2n) is 6.40. The molecule has 6 nitrogen and oxygen atoms in total. The van der Waals surface area contributed by atoms with E-state index in [1.54, 1.807) is 15.8 Å². The zero-order valence-electron chi connectivity index (χ0n) is 14.0. The van der Waals surface area contributed by atoms with E-state index in [0.29, 0.717) is 38.1 Å². The molecule has 1 saturated heterocycles. The first-order chi connectivity index (χ1) is 12.0. The molecule has 0 saturated carbocycles. The third-order valence-corrected chi connectivity index (χ3v) is 4.34. The first-order valence-corrected chi connectivity index (χ1v) is 8.40. The van der Waals surface area contributed by atoms with Gasteiger partial charge in [-0.15, -0.1) is 0 Å². The molecule has 3 rings (SSSR count). The Balaban J connectivity index is 1.43. The van der Waals surface area contributed by atoms with Crippen LogP contribution in [0.15, 0.2) is 42.7 Å². The van der Waals surface area contributed by atoms with Crippen LogP contribution in [0.25, 0.3) is 0 Å². The van der Waals surface area contributed by atoms with Crippen LogP contribution in [0.3, 0.4) is 0 Å². The number of β-amino-alcohol motifs (C(OH)–C–C–N with tert-alkyl or cyclic N) is 1. The van der Waals surface area contributed by atoms with Gasteiger partial charge in [0, 0.05) is 31.9 Å². The number of ether oxygens (including phenoxy) is 1. The predicted octanol–water partition coefficient (Wildman–Crippen LogP) is 1.84. The number of aromatic nitrogens is 2. The lowest BCUT2D eigenvalue weighted by molar-refractivity contribution is -0.131. The van der Waals surface area contributed by atoms with Crippen molar-refractivity contribution in [2.45, 2.75) is 31.4 Å². The number of hydrogen-bond donors (Lipinski definition) is 1. The van der Waals surface area contributed by atoms with Crippen LogP contribution in [0, 0.1) is 5.82 Å². The lowest BCUT2D eigenvalue weighted by Crippen LogP contribution is -2.40. The molecule has 1 atom stereocenters. The Bertz CT molecular complexity index is 690. The first-order valence-electron chi connectivity index (χ1n) is 8.40. The van der Waals surface area contributed by atoms with Gasteiger partial charge in [-0.3, -0.25) is 9.48 Å². The fraction of sp³-hybridized carbons (Fsp3) is 0.444. The van der Waals surface area contributed by atoms with Crippen LogP contribution in [0.5, 0.6) is 5.75 Å². The number of carbonyl (C=O) groups is 1. The summed E-state index contributed by atoms with van der Waals surface area (Å²) in [5, 5.41) is 14.7. The number of hydrogen-bond acceptors (Lipinski definition) is 4. The molecular formula is C18H22FN3O3. The van der Waals surface area contributed by atoms with Gasteiger partial charge < -0.3 is 14.7 Å². The number of benzene rings is 1. The lowest BCUT2D eigenvalue weighted by atomic mass is 10.1. The summed E-state index contributed by atoms with van der Waals surface area (Å²) in [7, 11) is 0. The van der Waals surface area contributed by atoms with E-state index in [1.807, 2.05) is 12.3 Å². The maximum Gasteiger partial charge on any atom is 0.222 e. The molecule has 25 heavy (non-hydrogen) atoms. The molecular weight excluding hydrogens is 325 g/mol. The fourth-order valence-electron chi connectivity index (χ4n) is 2.92. The minimum Gasteiger partial charge on any atom is -0.491 e. The van der Waals surface area contributed by atoms with Crippen molar-refractivity contribution in [1.82, 2.24) is 14.7 Å². The topological polar surface area (TPSA) is 67.6 Å². The van der Waals surface area contributed by atoms with Gasteiger partial charge in [0.15, 0.2) is 0 Å². The van der Waals surface area contributed by atoms with Crippen molar-refractivity contribution in [1.29, 1.82) is 0 Å². The van der Waals surface area contributed by atoms with E-state index < -0.39 is 5.60 Å². The molecule has 7 heteroatoms. The molecule has 2 heterocycles. The summed E-state index contributed by atoms with van der Waals surface area (Å²) in [5.74, 6) is 0.197. The van der Waals surface area contributed by atoms with Gasteiger partial charge in [0.2, 0.25) is 5.91 Å². The van der Waals surface area contributed by atoms with E-state index in [2.05, 4.69) is 5.10 Å². The van der Waals surface area contributed by atoms with Crippen molar-refractivity contribution in [3.63, 3.8) is 0 Å². The highest BCUT2D eigenvalue weighted by atomic mass is 19.1. The van der Waals surface area contributed by atoms with Crippen molar-refractivity contribution in [2.75, 3.05) is 19.7 Å². The maximum atomic E-state index is 12.9. The normalized spacial score (nSPS) is 20.0. The van der Waals surface area contributed by atoms with E-state index in [1.165, 1.54) is 24.3 Å². The Morgan fingerprint density at radius 1 is 1.36 bits per heavy atom. The third-order valence-electron chi connectivity index (χ3n) is 4.34. The number of amides is 1. The van der Waals surface area contributed by atoms with Gasteiger partial charge in [-0.25, -0.2) is 4.39 Å². The number of likely N-dealkylation sites (tertiary alicyclic amines) is 1. The summed E-state index contributed by atoms with van der Waals surface area (Å²) in [6.45, 7) is 1.55. The standard InChI is InChI=1S/C18H22FN3O3/c19-15-4-6-16(7-5-15)25-14-18(24)8-12-21(13-18)17(23)3-1-10-22-11-2-9-20-22/h2,4-7,9,11,24H,1,3,8,10,12-14H2/t18-/m1/s1. The summed E-state index contributed by atoms with van der Waals surface area (Å²) in [4.78, 5) is 14.0. The van der Waals surface area contributed by atoms with E-state index in [-0.39, 0.29) is 24.9 Å². The summed E-state index contributed by atoms with van der Waals surface area (Å²) in [6, 6.07) is 7.51. The van der Waals surface area contributed by atoms with Crippen molar-refractivity contribution in [3.8, 4) is 5.75 Å². The summed E-state index contributed by atoms with van der Waals surface area (Å²) < 4.78 is 20.2. The number of carbonyl (C=O) groups excluding carboxylic acids is 1. The van der Waals surface area contributed by atoms with Crippen LogP contribution in [-0.2, 0) is 11.3 Å². The van der Waals surface area contributed by atoms with Gasteiger partial charge in [-0.1, -0.05) is 0 Å². The number of aryl methyl sites for hydroxylation is 1. The molecule has 1 aliphatic rings. The predicted molar refractivity (Wildman–Crippen MR) is 89.5 cm³/mol. The average Bonchev–Trinajstić information content (AvgIpc) is 3.25. The molecule has 1 N–H and O–H groups in total. The quantitative estimate of drug-likeness (QED) is 0.830. The molecule has 0 aliphatic carbocycles. The van der Waals surface area contributed by atoms with Crippen molar-refractivity contribution in [3.05, 3.63) is 48.5 Å². The van der Waals surface area contributed by atoms with E-state index >= 15 is 0 Å². The highest BCUT2D eigenvalue weighted by Crippen LogP contribution is 2.24. The lowest BCUT2D eigenvalue weighted by Gasteiger charge is -2.23. The minimum atomic E-state index is -1.06. The molecule has 0 unspecified atom stereocenters. The Morgan fingerprint density at radius 2 is 2.16 bits per heavy atom. The maximum absolute atomic E-state index is 12.9. The van der Waals surface area contributed by atoms with Gasteiger partial charge in [0.25, 0.3) is 0 Å². The molecule has 1 fully saturated rings. The zero-order chi connectivity index (χ0) is 17.7. The van der Waals surface area contributed by atoms with E-state index in [4.69, 9.17) is 4.74 Å².